The second-order valence-electron chi connectivity index (χ2n) is 7.76. The van der Waals surface area contributed by atoms with Crippen LogP contribution in [0.15, 0.2) is 36.5 Å². The average molecular weight is 483 g/mol. The highest BCUT2D eigenvalue weighted by Crippen LogP contribution is 2.36. The van der Waals surface area contributed by atoms with Crippen molar-refractivity contribution >= 4 is 28.7 Å². The third kappa shape index (κ3) is 7.17. The first-order chi connectivity index (χ1) is 15.8. The zero-order valence-corrected chi connectivity index (χ0v) is 18.7. The Labute approximate surface area is 193 Å². The fourth-order valence-corrected chi connectivity index (χ4v) is 3.12. The number of carbonyl (C=O) groups excluding carboxylic acids is 1. The van der Waals surface area contributed by atoms with Gasteiger partial charge in [-0.3, -0.25) is 9.78 Å². The Morgan fingerprint density at radius 3 is 2.38 bits per heavy atom. The summed E-state index contributed by atoms with van der Waals surface area (Å²) in [5.74, 6) is -2.46. The van der Waals surface area contributed by atoms with Crippen LogP contribution < -0.4 is 4.74 Å². The molecule has 2 aromatic rings. The Kier molecular flexibility index (Phi) is 8.57. The predicted octanol–water partition coefficient (Wildman–Crippen LogP) is 2.75. The SMILES string of the molecule is CN(C)CCC1CN(C)C(=O)c2cnc3cc(C(F)(F)F)ccc3c2O1.O=C(O)C=CC(=O)O. The lowest BCUT2D eigenvalue weighted by atomic mass is 10.1. The number of benzene rings is 1. The number of amides is 1. The Balaban J connectivity index is 0.000000440. The number of pyridine rings is 1. The van der Waals surface area contributed by atoms with Gasteiger partial charge in [-0.25, -0.2) is 9.59 Å². The van der Waals surface area contributed by atoms with E-state index < -0.39 is 23.7 Å². The number of ether oxygens (including phenoxy) is 1. The summed E-state index contributed by atoms with van der Waals surface area (Å²) >= 11 is 0. The molecule has 0 fully saturated rings. The van der Waals surface area contributed by atoms with Crippen molar-refractivity contribution in [3.63, 3.8) is 0 Å². The maximum Gasteiger partial charge on any atom is 0.416 e. The van der Waals surface area contributed by atoms with Gasteiger partial charge in [-0.05, 0) is 38.7 Å². The minimum atomic E-state index is -4.45. The van der Waals surface area contributed by atoms with E-state index in [9.17, 15) is 27.6 Å². The lowest BCUT2D eigenvalue weighted by molar-refractivity contribution is -0.137. The lowest BCUT2D eigenvalue weighted by Gasteiger charge is -2.22. The van der Waals surface area contributed by atoms with Crippen molar-refractivity contribution in [1.29, 1.82) is 0 Å². The van der Waals surface area contributed by atoms with Gasteiger partial charge >= 0.3 is 18.1 Å². The summed E-state index contributed by atoms with van der Waals surface area (Å²) in [4.78, 5) is 39.3. The minimum absolute atomic E-state index is 0.155. The molecule has 1 amide bonds. The first-order valence-electron chi connectivity index (χ1n) is 10.00. The number of hydrogen-bond acceptors (Lipinski definition) is 6. The number of hydrogen-bond donors (Lipinski definition) is 2. The van der Waals surface area contributed by atoms with Crippen molar-refractivity contribution in [2.75, 3.05) is 34.2 Å². The van der Waals surface area contributed by atoms with Crippen molar-refractivity contribution in [3.8, 4) is 5.75 Å². The molecule has 0 saturated heterocycles. The summed E-state index contributed by atoms with van der Waals surface area (Å²) in [6.45, 7) is 1.17. The van der Waals surface area contributed by atoms with Gasteiger partial charge in [-0.1, -0.05) is 0 Å². The highest BCUT2D eigenvalue weighted by atomic mass is 19.4. The normalized spacial score (nSPS) is 16.0. The zero-order chi connectivity index (χ0) is 25.6. The van der Waals surface area contributed by atoms with Crippen LogP contribution in [0, 0.1) is 0 Å². The predicted molar refractivity (Wildman–Crippen MR) is 116 cm³/mol. The van der Waals surface area contributed by atoms with Crippen LogP contribution in [0.4, 0.5) is 13.2 Å². The maximum atomic E-state index is 12.9. The summed E-state index contributed by atoms with van der Waals surface area (Å²) in [6, 6.07) is 3.29. The van der Waals surface area contributed by atoms with E-state index in [0.29, 0.717) is 36.3 Å². The molecule has 12 heteroatoms. The van der Waals surface area contributed by atoms with Gasteiger partial charge in [-0.15, -0.1) is 0 Å². The van der Waals surface area contributed by atoms with E-state index >= 15 is 0 Å². The number of carboxylic acid groups (broad SMARTS) is 2. The van der Waals surface area contributed by atoms with E-state index in [2.05, 4.69) is 4.98 Å². The van der Waals surface area contributed by atoms with E-state index in [4.69, 9.17) is 14.9 Å². The van der Waals surface area contributed by atoms with Crippen LogP contribution in [0.1, 0.15) is 22.3 Å². The van der Waals surface area contributed by atoms with Gasteiger partial charge in [0.15, 0.2) is 0 Å². The molecule has 0 spiro atoms. The zero-order valence-electron chi connectivity index (χ0n) is 18.7. The molecule has 1 aliphatic heterocycles. The molecule has 1 unspecified atom stereocenters. The molecular weight excluding hydrogens is 459 g/mol. The molecule has 184 valence electrons. The number of likely N-dealkylation sites (N-methyl/N-ethyl adjacent to an activating group) is 1. The minimum Gasteiger partial charge on any atom is -0.487 e. The highest BCUT2D eigenvalue weighted by Gasteiger charge is 2.32. The molecule has 9 nitrogen and oxygen atoms in total. The standard InChI is InChI=1S/C18H20F3N3O2.C4H4O4/c1-23(2)7-6-12-10-24(3)17(25)14-9-22-15-8-11(18(19,20)21)4-5-13(15)16(14)26-12;5-3(6)1-2-4(7)8/h4-5,8-9,12H,6-7,10H2,1-3H3;1-2H,(H,5,6)(H,7,8). The van der Waals surface area contributed by atoms with Gasteiger partial charge in [0.25, 0.3) is 5.91 Å². The molecule has 1 aliphatic rings. The van der Waals surface area contributed by atoms with Crippen molar-refractivity contribution in [1.82, 2.24) is 14.8 Å². The van der Waals surface area contributed by atoms with Gasteiger partial charge in [0.1, 0.15) is 17.4 Å². The van der Waals surface area contributed by atoms with Crippen molar-refractivity contribution in [2.45, 2.75) is 18.7 Å². The van der Waals surface area contributed by atoms with Gasteiger partial charge in [0, 0.05) is 37.3 Å². The number of fused-ring (bicyclic) bond motifs is 3. The molecule has 34 heavy (non-hydrogen) atoms. The third-order valence-electron chi connectivity index (χ3n) is 4.75. The van der Waals surface area contributed by atoms with Crippen LogP contribution >= 0.6 is 0 Å². The van der Waals surface area contributed by atoms with Crippen LogP contribution in [0.5, 0.6) is 5.75 Å². The van der Waals surface area contributed by atoms with Crippen molar-refractivity contribution < 1.29 is 42.5 Å². The van der Waals surface area contributed by atoms with Gasteiger partial charge in [0.2, 0.25) is 0 Å². The van der Waals surface area contributed by atoms with E-state index in [1.165, 1.54) is 12.3 Å². The lowest BCUT2D eigenvalue weighted by Crippen LogP contribution is -2.35. The number of nitrogens with zero attached hydrogens (tertiary/aromatic N) is 3. The molecule has 0 radical (unpaired) electrons. The summed E-state index contributed by atoms with van der Waals surface area (Å²) in [5, 5.41) is 16.0. The maximum absolute atomic E-state index is 12.9. The molecule has 1 aromatic heterocycles. The largest absolute Gasteiger partial charge is 0.487 e. The third-order valence-corrected chi connectivity index (χ3v) is 4.75. The van der Waals surface area contributed by atoms with Crippen LogP contribution in [0.3, 0.4) is 0 Å². The monoisotopic (exact) mass is 483 g/mol. The molecule has 0 aliphatic carbocycles. The van der Waals surface area contributed by atoms with E-state index in [1.807, 2.05) is 19.0 Å². The second kappa shape index (κ2) is 11.0. The highest BCUT2D eigenvalue weighted by molar-refractivity contribution is 6.02. The number of alkyl halides is 3. The number of carbonyl (C=O) groups is 3. The molecular formula is C22H24F3N3O6. The Hall–Kier alpha value is -3.67. The molecule has 0 bridgehead atoms. The first-order valence-corrected chi connectivity index (χ1v) is 10.00. The Morgan fingerprint density at radius 2 is 1.85 bits per heavy atom. The van der Waals surface area contributed by atoms with Gasteiger partial charge in [-0.2, -0.15) is 13.2 Å². The van der Waals surface area contributed by atoms with Crippen LogP contribution in [0.25, 0.3) is 10.9 Å². The molecule has 2 heterocycles. The summed E-state index contributed by atoms with van der Waals surface area (Å²) < 4.78 is 44.9. The Bertz CT molecular complexity index is 1090. The van der Waals surface area contributed by atoms with Crippen LogP contribution in [-0.2, 0) is 15.8 Å². The number of aromatic nitrogens is 1. The van der Waals surface area contributed by atoms with Gasteiger partial charge < -0.3 is 24.7 Å². The topological polar surface area (TPSA) is 120 Å². The molecule has 0 saturated carbocycles. The van der Waals surface area contributed by atoms with Gasteiger partial charge in [0.05, 0.1) is 17.6 Å². The average Bonchev–Trinajstić information content (AvgIpc) is 2.86. The van der Waals surface area contributed by atoms with Crippen LogP contribution in [0.2, 0.25) is 0 Å². The van der Waals surface area contributed by atoms with E-state index in [-0.39, 0.29) is 23.1 Å². The van der Waals surface area contributed by atoms with Crippen LogP contribution in [-0.4, -0.2) is 83.2 Å². The molecule has 1 aromatic carbocycles. The van der Waals surface area contributed by atoms with Crippen molar-refractivity contribution in [3.05, 3.63) is 47.7 Å². The number of rotatable bonds is 5. The smallest absolute Gasteiger partial charge is 0.416 e. The van der Waals surface area contributed by atoms with Crippen molar-refractivity contribution in [2.24, 2.45) is 0 Å². The number of aliphatic carboxylic acids is 2. The first kappa shape index (κ1) is 26.6. The summed E-state index contributed by atoms with van der Waals surface area (Å²) in [7, 11) is 5.56. The van der Waals surface area contributed by atoms with E-state index in [0.717, 1.165) is 18.7 Å². The molecule has 3 rings (SSSR count). The fraction of sp³-hybridized carbons (Fsp3) is 0.364. The molecule has 2 N–H and O–H groups in total. The number of carboxylic acids is 2. The quantitative estimate of drug-likeness (QED) is 0.623. The number of halogens is 3. The second-order valence-corrected chi connectivity index (χ2v) is 7.76. The fourth-order valence-electron chi connectivity index (χ4n) is 3.12. The van der Waals surface area contributed by atoms with E-state index in [1.54, 1.807) is 11.9 Å². The summed E-state index contributed by atoms with van der Waals surface area (Å²) in [5.41, 5.74) is -0.354. The molecule has 1 atom stereocenters. The Morgan fingerprint density at radius 1 is 1.24 bits per heavy atom. The summed E-state index contributed by atoms with van der Waals surface area (Å²) in [6.07, 6.45) is -1.60.